The molecule has 3 nitrogen and oxygen atoms in total. The molecule has 0 bridgehead atoms. The molecule has 0 atom stereocenters. The van der Waals surface area contributed by atoms with E-state index in [1.54, 1.807) is 20.1 Å². The Kier molecular flexibility index (Phi) is 3.46. The minimum absolute atomic E-state index is 0.0873. The van der Waals surface area contributed by atoms with Gasteiger partial charge < -0.3 is 0 Å². The Morgan fingerprint density at radius 1 is 1.19 bits per heavy atom. The van der Waals surface area contributed by atoms with Crippen LogP contribution in [0.25, 0.3) is 0 Å². The van der Waals surface area contributed by atoms with Gasteiger partial charge in [0.2, 0.25) is 6.29 Å². The van der Waals surface area contributed by atoms with Crippen LogP contribution in [0.2, 0.25) is 0 Å². The van der Waals surface area contributed by atoms with Gasteiger partial charge in [0.15, 0.2) is 11.6 Å². The standard InChI is InChI=1S/C13H17O3/c1-8(2)9(7-14)12-10(15)5-13(3,4)6-11(12)16/h8H,5-6H2,1-4H3. The molecule has 3 heteroatoms. The molecule has 0 N–H and O–H groups in total. The summed E-state index contributed by atoms with van der Waals surface area (Å²) < 4.78 is 0. The van der Waals surface area contributed by atoms with Gasteiger partial charge in [-0.05, 0) is 11.3 Å². The molecule has 1 saturated carbocycles. The van der Waals surface area contributed by atoms with Gasteiger partial charge in [-0.25, -0.2) is 0 Å². The number of carbonyl (C=O) groups is 2. The summed E-state index contributed by atoms with van der Waals surface area (Å²) in [5.41, 5.74) is 0.0256. The maximum absolute atomic E-state index is 11.9. The third kappa shape index (κ3) is 2.46. The summed E-state index contributed by atoms with van der Waals surface area (Å²) in [4.78, 5) is 34.5. The Balaban J connectivity index is 3.21. The molecule has 1 aliphatic rings. The number of hydrogen-bond donors (Lipinski definition) is 0. The normalized spacial score (nSPS) is 20.2. The van der Waals surface area contributed by atoms with E-state index in [-0.39, 0.29) is 34.0 Å². The van der Waals surface area contributed by atoms with Crippen LogP contribution < -0.4 is 0 Å². The predicted molar refractivity (Wildman–Crippen MR) is 60.6 cm³/mol. The highest BCUT2D eigenvalue weighted by Gasteiger charge is 2.37. The van der Waals surface area contributed by atoms with E-state index in [9.17, 15) is 14.4 Å². The monoisotopic (exact) mass is 221 g/mol. The van der Waals surface area contributed by atoms with E-state index in [0.29, 0.717) is 12.8 Å². The Morgan fingerprint density at radius 3 is 1.94 bits per heavy atom. The second-order valence-electron chi connectivity index (χ2n) is 5.41. The van der Waals surface area contributed by atoms with E-state index in [1.807, 2.05) is 13.8 Å². The quantitative estimate of drug-likeness (QED) is 0.529. The average Bonchev–Trinajstić information content (AvgIpc) is 2.08. The van der Waals surface area contributed by atoms with E-state index in [0.717, 1.165) is 0 Å². The van der Waals surface area contributed by atoms with Crippen LogP contribution in [0.3, 0.4) is 0 Å². The van der Waals surface area contributed by atoms with Gasteiger partial charge in [-0.1, -0.05) is 27.7 Å². The third-order valence-corrected chi connectivity index (χ3v) is 2.79. The first-order valence-electron chi connectivity index (χ1n) is 5.47. The van der Waals surface area contributed by atoms with Gasteiger partial charge >= 0.3 is 0 Å². The molecule has 1 rings (SSSR count). The lowest BCUT2D eigenvalue weighted by molar-refractivity contribution is -0.127. The van der Waals surface area contributed by atoms with Crippen molar-refractivity contribution in [2.24, 2.45) is 11.3 Å². The van der Waals surface area contributed by atoms with Crippen molar-refractivity contribution in [3.63, 3.8) is 0 Å². The zero-order valence-corrected chi connectivity index (χ0v) is 10.2. The molecule has 0 aromatic carbocycles. The SMILES string of the molecule is CC(C)C([C]=O)=C1C(=O)CC(C)(C)CC1=O. The van der Waals surface area contributed by atoms with Crippen LogP contribution >= 0.6 is 0 Å². The first-order valence-corrected chi connectivity index (χ1v) is 5.47. The van der Waals surface area contributed by atoms with Gasteiger partial charge in [0.1, 0.15) is 0 Å². The minimum atomic E-state index is -0.289. The average molecular weight is 221 g/mol. The Labute approximate surface area is 95.9 Å². The van der Waals surface area contributed by atoms with Crippen LogP contribution in [0, 0.1) is 11.3 Å². The van der Waals surface area contributed by atoms with Gasteiger partial charge in [-0.2, -0.15) is 0 Å². The molecule has 16 heavy (non-hydrogen) atoms. The van der Waals surface area contributed by atoms with Crippen LogP contribution in [0.1, 0.15) is 40.5 Å². The van der Waals surface area contributed by atoms with Crippen molar-refractivity contribution in [2.45, 2.75) is 40.5 Å². The fourth-order valence-corrected chi connectivity index (χ4v) is 2.02. The summed E-state index contributed by atoms with van der Waals surface area (Å²) in [6, 6.07) is 0. The van der Waals surface area contributed by atoms with Crippen molar-refractivity contribution >= 4 is 17.9 Å². The lowest BCUT2D eigenvalue weighted by Gasteiger charge is -2.29. The Bertz CT molecular complexity index is 351. The molecule has 1 aliphatic carbocycles. The van der Waals surface area contributed by atoms with Crippen molar-refractivity contribution in [1.82, 2.24) is 0 Å². The molecular weight excluding hydrogens is 204 g/mol. The van der Waals surface area contributed by atoms with Crippen LogP contribution in [-0.4, -0.2) is 17.9 Å². The van der Waals surface area contributed by atoms with Crippen LogP contribution in [0.4, 0.5) is 0 Å². The molecular formula is C13H17O3. The number of rotatable bonds is 2. The molecule has 0 aromatic rings. The van der Waals surface area contributed by atoms with Gasteiger partial charge in [-0.15, -0.1) is 0 Å². The fraction of sp³-hybridized carbons (Fsp3) is 0.615. The number of allylic oxidation sites excluding steroid dienone is 2. The summed E-state index contributed by atoms with van der Waals surface area (Å²) >= 11 is 0. The van der Waals surface area contributed by atoms with Crippen LogP contribution in [0.5, 0.6) is 0 Å². The summed E-state index contributed by atoms with van der Waals surface area (Å²) in [5.74, 6) is -0.566. The maximum Gasteiger partial charge on any atom is 0.230 e. The molecule has 0 aliphatic heterocycles. The lowest BCUT2D eigenvalue weighted by atomic mass is 9.72. The molecule has 0 aromatic heterocycles. The molecule has 1 radical (unpaired) electrons. The van der Waals surface area contributed by atoms with Gasteiger partial charge in [0.25, 0.3) is 0 Å². The van der Waals surface area contributed by atoms with Crippen molar-refractivity contribution in [3.05, 3.63) is 11.1 Å². The number of carbonyl (C=O) groups excluding carboxylic acids is 3. The number of Topliss-reactive ketones (excluding diaryl/α,β-unsaturated/α-hetero) is 2. The van der Waals surface area contributed by atoms with Crippen LogP contribution in [-0.2, 0) is 14.4 Å². The van der Waals surface area contributed by atoms with E-state index in [4.69, 9.17) is 0 Å². The molecule has 0 saturated heterocycles. The van der Waals surface area contributed by atoms with Gasteiger partial charge in [-0.3, -0.25) is 14.4 Å². The highest BCUT2D eigenvalue weighted by atomic mass is 16.2. The zero-order chi connectivity index (χ0) is 12.5. The highest BCUT2D eigenvalue weighted by molar-refractivity contribution is 6.24. The summed E-state index contributed by atoms with van der Waals surface area (Å²) in [6.45, 7) is 7.35. The molecule has 0 amide bonds. The third-order valence-electron chi connectivity index (χ3n) is 2.79. The van der Waals surface area contributed by atoms with E-state index in [2.05, 4.69) is 0 Å². The molecule has 0 unspecified atom stereocenters. The van der Waals surface area contributed by atoms with Crippen molar-refractivity contribution in [2.75, 3.05) is 0 Å². The minimum Gasteiger partial charge on any atom is -0.294 e. The van der Waals surface area contributed by atoms with Crippen molar-refractivity contribution < 1.29 is 14.4 Å². The lowest BCUT2D eigenvalue weighted by Crippen LogP contribution is -2.33. The molecule has 0 spiro atoms. The van der Waals surface area contributed by atoms with E-state index in [1.165, 1.54) is 0 Å². The first-order chi connectivity index (χ1) is 7.28. The largest absolute Gasteiger partial charge is 0.294 e. The zero-order valence-electron chi connectivity index (χ0n) is 10.2. The second kappa shape index (κ2) is 4.32. The Hall–Kier alpha value is -1.25. The van der Waals surface area contributed by atoms with Crippen molar-refractivity contribution in [3.8, 4) is 0 Å². The van der Waals surface area contributed by atoms with Gasteiger partial charge in [0.05, 0.1) is 5.57 Å². The Morgan fingerprint density at radius 2 is 1.62 bits per heavy atom. The predicted octanol–water partition coefficient (Wildman–Crippen LogP) is 2.01. The molecule has 87 valence electrons. The van der Waals surface area contributed by atoms with Gasteiger partial charge in [0, 0.05) is 18.4 Å². The van der Waals surface area contributed by atoms with Crippen molar-refractivity contribution in [1.29, 1.82) is 0 Å². The second-order valence-corrected chi connectivity index (χ2v) is 5.41. The topological polar surface area (TPSA) is 51.2 Å². The first kappa shape index (κ1) is 12.8. The van der Waals surface area contributed by atoms with E-state index < -0.39 is 0 Å². The molecule has 0 heterocycles. The van der Waals surface area contributed by atoms with E-state index >= 15 is 0 Å². The highest BCUT2D eigenvalue weighted by Crippen LogP contribution is 2.35. The molecule has 1 fully saturated rings. The van der Waals surface area contributed by atoms with Crippen LogP contribution in [0.15, 0.2) is 11.1 Å². The number of hydrogen-bond acceptors (Lipinski definition) is 3. The summed E-state index contributed by atoms with van der Waals surface area (Å²) in [5, 5.41) is 0. The summed E-state index contributed by atoms with van der Waals surface area (Å²) in [7, 11) is 0. The number of ketones is 2. The smallest absolute Gasteiger partial charge is 0.230 e. The summed E-state index contributed by atoms with van der Waals surface area (Å²) in [6.07, 6.45) is 2.40. The fourth-order valence-electron chi connectivity index (χ4n) is 2.02. The maximum atomic E-state index is 11.9.